The number of hydrogen-bond acceptors (Lipinski definition) is 2. The Labute approximate surface area is 192 Å². The summed E-state index contributed by atoms with van der Waals surface area (Å²) in [4.78, 5) is 4.85. The van der Waals surface area contributed by atoms with Crippen LogP contribution in [0.5, 0.6) is 5.75 Å². The molecule has 0 radical (unpaired) electrons. The fourth-order valence-electron chi connectivity index (χ4n) is 3.70. The number of rotatable bonds is 9. The zero-order valence-electron chi connectivity index (χ0n) is 17.2. The van der Waals surface area contributed by atoms with Crippen molar-refractivity contribution in [2.24, 2.45) is 0 Å². The molecule has 0 aliphatic carbocycles. The highest BCUT2D eigenvalue weighted by molar-refractivity contribution is 6.36. The molecule has 0 N–H and O–H groups in total. The Kier molecular flexibility index (Phi) is 6.96. The Morgan fingerprint density at radius 1 is 0.968 bits per heavy atom. The van der Waals surface area contributed by atoms with Gasteiger partial charge in [-0.05, 0) is 61.2 Å². The number of nitrogens with zero attached hydrogens (tertiary/aromatic N) is 2. The van der Waals surface area contributed by atoms with Crippen LogP contribution >= 0.6 is 23.2 Å². The lowest BCUT2D eigenvalue weighted by atomic mass is 10.1. The minimum absolute atomic E-state index is 0.603. The van der Waals surface area contributed by atoms with E-state index in [2.05, 4.69) is 23.3 Å². The molecule has 31 heavy (non-hydrogen) atoms. The molecule has 0 saturated carbocycles. The topological polar surface area (TPSA) is 27.1 Å². The summed E-state index contributed by atoms with van der Waals surface area (Å²) >= 11 is 12.6. The van der Waals surface area contributed by atoms with Crippen LogP contribution in [0.25, 0.3) is 22.4 Å². The van der Waals surface area contributed by atoms with Crippen LogP contribution in [-0.4, -0.2) is 16.2 Å². The first-order chi connectivity index (χ1) is 15.2. The van der Waals surface area contributed by atoms with Crippen LogP contribution in [0.15, 0.2) is 79.4 Å². The normalized spacial score (nSPS) is 11.0. The molecule has 4 rings (SSSR count). The fourth-order valence-corrected chi connectivity index (χ4v) is 4.19. The molecule has 1 heterocycles. The molecule has 0 saturated heterocycles. The number of para-hydroxylation sites is 3. The highest BCUT2D eigenvalue weighted by Gasteiger charge is 2.15. The zero-order valence-corrected chi connectivity index (χ0v) is 18.7. The van der Waals surface area contributed by atoms with Crippen molar-refractivity contribution >= 4 is 34.2 Å². The van der Waals surface area contributed by atoms with E-state index in [-0.39, 0.29) is 0 Å². The largest absolute Gasteiger partial charge is 0.493 e. The number of allylic oxidation sites excluding steroid dienone is 1. The third-order valence-corrected chi connectivity index (χ3v) is 5.74. The Bertz CT molecular complexity index is 1200. The SMILES string of the molecule is C=CCc1ccccc1OCCCCn1c(-c2ccc(Cl)cc2Cl)nc2ccccc21. The number of aryl methyl sites for hydroxylation is 1. The summed E-state index contributed by atoms with van der Waals surface area (Å²) in [6.45, 7) is 5.31. The van der Waals surface area contributed by atoms with Crippen molar-refractivity contribution in [3.05, 3.63) is 95.0 Å². The Hall–Kier alpha value is -2.75. The maximum Gasteiger partial charge on any atom is 0.142 e. The van der Waals surface area contributed by atoms with E-state index < -0.39 is 0 Å². The lowest BCUT2D eigenvalue weighted by molar-refractivity contribution is 0.301. The van der Waals surface area contributed by atoms with E-state index in [1.54, 1.807) is 6.07 Å². The second kappa shape index (κ2) is 10.0. The Morgan fingerprint density at radius 3 is 2.61 bits per heavy atom. The molecular weight excluding hydrogens is 427 g/mol. The molecule has 0 aliphatic heterocycles. The summed E-state index contributed by atoms with van der Waals surface area (Å²) in [5.41, 5.74) is 4.11. The number of imidazole rings is 1. The predicted molar refractivity (Wildman–Crippen MR) is 130 cm³/mol. The summed E-state index contributed by atoms with van der Waals surface area (Å²) in [6, 6.07) is 21.8. The quantitative estimate of drug-likeness (QED) is 0.194. The van der Waals surface area contributed by atoms with Gasteiger partial charge in [0.05, 0.1) is 22.7 Å². The first kappa shape index (κ1) is 21.5. The second-order valence-corrected chi connectivity index (χ2v) is 8.20. The van der Waals surface area contributed by atoms with Gasteiger partial charge in [-0.2, -0.15) is 0 Å². The maximum absolute atomic E-state index is 6.49. The smallest absolute Gasteiger partial charge is 0.142 e. The number of ether oxygens (including phenoxy) is 1. The van der Waals surface area contributed by atoms with Crippen molar-refractivity contribution in [3.63, 3.8) is 0 Å². The first-order valence-electron chi connectivity index (χ1n) is 10.4. The van der Waals surface area contributed by atoms with Crippen LogP contribution in [-0.2, 0) is 13.0 Å². The fraction of sp³-hybridized carbons (Fsp3) is 0.192. The van der Waals surface area contributed by atoms with Crippen LogP contribution in [0, 0.1) is 0 Å². The molecule has 0 bridgehead atoms. The van der Waals surface area contributed by atoms with E-state index >= 15 is 0 Å². The predicted octanol–water partition coefficient (Wildman–Crippen LogP) is 7.60. The molecular formula is C26H24Cl2N2O. The van der Waals surface area contributed by atoms with Gasteiger partial charge < -0.3 is 9.30 Å². The minimum atomic E-state index is 0.603. The maximum atomic E-state index is 6.49. The van der Waals surface area contributed by atoms with Gasteiger partial charge in [-0.1, -0.05) is 59.6 Å². The summed E-state index contributed by atoms with van der Waals surface area (Å²) in [5, 5.41) is 1.22. The second-order valence-electron chi connectivity index (χ2n) is 7.36. The molecule has 0 atom stereocenters. The lowest BCUT2D eigenvalue weighted by Gasteiger charge is -2.12. The summed E-state index contributed by atoms with van der Waals surface area (Å²) in [7, 11) is 0. The number of halogens is 2. The molecule has 4 aromatic rings. The van der Waals surface area contributed by atoms with E-state index in [9.17, 15) is 0 Å². The molecule has 0 unspecified atom stereocenters. The summed E-state index contributed by atoms with van der Waals surface area (Å²) in [5.74, 6) is 1.80. The van der Waals surface area contributed by atoms with Gasteiger partial charge in [0, 0.05) is 17.1 Å². The highest BCUT2D eigenvalue weighted by Crippen LogP contribution is 2.32. The van der Waals surface area contributed by atoms with Gasteiger partial charge in [-0.3, -0.25) is 0 Å². The highest BCUT2D eigenvalue weighted by atomic mass is 35.5. The Balaban J connectivity index is 1.48. The average Bonchev–Trinajstić information content (AvgIpc) is 3.13. The van der Waals surface area contributed by atoms with Crippen LogP contribution in [0.4, 0.5) is 0 Å². The average molecular weight is 451 g/mol. The molecule has 0 fully saturated rings. The van der Waals surface area contributed by atoms with Crippen LogP contribution in [0.1, 0.15) is 18.4 Å². The minimum Gasteiger partial charge on any atom is -0.493 e. The van der Waals surface area contributed by atoms with Gasteiger partial charge in [0.2, 0.25) is 0 Å². The molecule has 3 aromatic carbocycles. The van der Waals surface area contributed by atoms with Crippen molar-refractivity contribution in [3.8, 4) is 17.1 Å². The van der Waals surface area contributed by atoms with Crippen molar-refractivity contribution in [1.82, 2.24) is 9.55 Å². The van der Waals surface area contributed by atoms with Gasteiger partial charge in [0.25, 0.3) is 0 Å². The van der Waals surface area contributed by atoms with Gasteiger partial charge >= 0.3 is 0 Å². The van der Waals surface area contributed by atoms with Crippen LogP contribution in [0.3, 0.4) is 0 Å². The van der Waals surface area contributed by atoms with E-state index in [1.165, 1.54) is 0 Å². The van der Waals surface area contributed by atoms with Crippen molar-refractivity contribution in [2.75, 3.05) is 6.61 Å². The number of benzene rings is 3. The summed E-state index contributed by atoms with van der Waals surface area (Å²) in [6.07, 6.45) is 4.60. The van der Waals surface area contributed by atoms with Crippen molar-refractivity contribution in [2.45, 2.75) is 25.8 Å². The van der Waals surface area contributed by atoms with Crippen molar-refractivity contribution in [1.29, 1.82) is 0 Å². The number of unbranched alkanes of at least 4 members (excludes halogenated alkanes) is 1. The molecule has 158 valence electrons. The zero-order chi connectivity index (χ0) is 21.6. The van der Waals surface area contributed by atoms with Crippen LogP contribution < -0.4 is 4.74 Å². The van der Waals surface area contributed by atoms with Gasteiger partial charge in [0.15, 0.2) is 0 Å². The van der Waals surface area contributed by atoms with E-state index in [4.69, 9.17) is 32.9 Å². The van der Waals surface area contributed by atoms with Gasteiger partial charge in [-0.25, -0.2) is 4.98 Å². The summed E-state index contributed by atoms with van der Waals surface area (Å²) < 4.78 is 8.27. The lowest BCUT2D eigenvalue weighted by Crippen LogP contribution is -2.05. The van der Waals surface area contributed by atoms with Gasteiger partial charge in [0.1, 0.15) is 11.6 Å². The number of fused-ring (bicyclic) bond motifs is 1. The monoisotopic (exact) mass is 450 g/mol. The molecule has 0 spiro atoms. The molecule has 5 heteroatoms. The van der Waals surface area contributed by atoms with Crippen molar-refractivity contribution < 1.29 is 4.74 Å². The third kappa shape index (κ3) is 4.95. The molecule has 0 aliphatic rings. The Morgan fingerprint density at radius 2 is 1.77 bits per heavy atom. The number of aromatic nitrogens is 2. The van der Waals surface area contributed by atoms with Gasteiger partial charge in [-0.15, -0.1) is 6.58 Å². The van der Waals surface area contributed by atoms with Crippen LogP contribution in [0.2, 0.25) is 10.0 Å². The standard InChI is InChI=1S/C26H24Cl2N2O/c1-2-9-19-10-3-6-13-25(19)31-17-8-7-16-30-24-12-5-4-11-23(24)29-26(30)21-15-14-20(27)18-22(21)28/h2-6,10-15,18H,1,7-9,16-17H2. The first-order valence-corrected chi connectivity index (χ1v) is 11.2. The van der Waals surface area contributed by atoms with E-state index in [0.717, 1.165) is 59.5 Å². The molecule has 1 aromatic heterocycles. The van der Waals surface area contributed by atoms with E-state index in [1.807, 2.05) is 54.6 Å². The number of hydrogen-bond donors (Lipinski definition) is 0. The molecule has 3 nitrogen and oxygen atoms in total. The van der Waals surface area contributed by atoms with E-state index in [0.29, 0.717) is 16.7 Å². The third-order valence-electron chi connectivity index (χ3n) is 5.20. The molecule has 0 amide bonds.